The molecule has 0 N–H and O–H groups in total. The Labute approximate surface area is 193 Å². The number of benzene rings is 4. The fourth-order valence-corrected chi connectivity index (χ4v) is 3.56. The first-order valence-electron chi connectivity index (χ1n) is 11.1. The summed E-state index contributed by atoms with van der Waals surface area (Å²) in [4.78, 5) is 25.1. The summed E-state index contributed by atoms with van der Waals surface area (Å²) in [5.41, 5.74) is 3.66. The second-order valence-electron chi connectivity index (χ2n) is 8.16. The van der Waals surface area contributed by atoms with Crippen molar-refractivity contribution in [1.29, 1.82) is 0 Å². The zero-order valence-corrected chi connectivity index (χ0v) is 19.0. The zero-order chi connectivity index (χ0) is 23.4. The summed E-state index contributed by atoms with van der Waals surface area (Å²) in [6.45, 7) is 5.89. The van der Waals surface area contributed by atoms with Gasteiger partial charge in [-0.1, -0.05) is 61.0 Å². The molecular formula is C29H26O4. The standard InChI is InChI=1S/C29H26O4/c1-4-21-7-9-22(10-8-21)29(31)33-27-16-13-24-17-23(11-12-25(24)18-27)20(3)28(30)32-26-14-5-19(2)6-15-26/h5-18,20H,4H2,1-3H3/t20-/m0/s1. The van der Waals surface area contributed by atoms with Crippen molar-refractivity contribution >= 4 is 22.7 Å². The molecule has 0 heterocycles. The lowest BCUT2D eigenvalue weighted by Crippen LogP contribution is -2.16. The number of hydrogen-bond acceptors (Lipinski definition) is 4. The molecule has 33 heavy (non-hydrogen) atoms. The van der Waals surface area contributed by atoms with Gasteiger partial charge in [0.1, 0.15) is 11.5 Å². The van der Waals surface area contributed by atoms with Crippen molar-refractivity contribution in [3.63, 3.8) is 0 Å². The molecule has 0 aliphatic rings. The Morgan fingerprint density at radius 3 is 2.09 bits per heavy atom. The number of fused-ring (bicyclic) bond motifs is 1. The molecule has 1 atom stereocenters. The maximum atomic E-state index is 12.6. The van der Waals surface area contributed by atoms with E-state index in [2.05, 4.69) is 6.92 Å². The number of carbonyl (C=O) groups excluding carboxylic acids is 2. The topological polar surface area (TPSA) is 52.6 Å². The molecule has 4 aromatic rings. The minimum Gasteiger partial charge on any atom is -0.426 e. The van der Waals surface area contributed by atoms with Crippen LogP contribution in [0.1, 0.15) is 46.8 Å². The molecule has 0 spiro atoms. The van der Waals surface area contributed by atoms with E-state index in [4.69, 9.17) is 9.47 Å². The highest BCUT2D eigenvalue weighted by Gasteiger charge is 2.18. The fraction of sp³-hybridized carbons (Fsp3) is 0.172. The van der Waals surface area contributed by atoms with Crippen molar-refractivity contribution in [3.8, 4) is 11.5 Å². The third kappa shape index (κ3) is 5.29. The molecule has 166 valence electrons. The van der Waals surface area contributed by atoms with Gasteiger partial charge in [-0.05, 0) is 78.6 Å². The van der Waals surface area contributed by atoms with Gasteiger partial charge in [0.05, 0.1) is 11.5 Å². The number of aryl methyl sites for hydroxylation is 2. The van der Waals surface area contributed by atoms with Crippen LogP contribution in [0, 0.1) is 6.92 Å². The molecule has 4 rings (SSSR count). The Morgan fingerprint density at radius 1 is 0.758 bits per heavy atom. The van der Waals surface area contributed by atoms with Crippen LogP contribution in [-0.2, 0) is 11.2 Å². The number of rotatable bonds is 6. The average Bonchev–Trinajstić information content (AvgIpc) is 2.84. The summed E-state index contributed by atoms with van der Waals surface area (Å²) in [5, 5.41) is 1.87. The van der Waals surface area contributed by atoms with Crippen molar-refractivity contribution in [1.82, 2.24) is 0 Å². The first-order valence-corrected chi connectivity index (χ1v) is 11.1. The van der Waals surface area contributed by atoms with Crippen LogP contribution in [0.5, 0.6) is 11.5 Å². The molecule has 0 unspecified atom stereocenters. The van der Waals surface area contributed by atoms with Crippen LogP contribution >= 0.6 is 0 Å². The van der Waals surface area contributed by atoms with E-state index < -0.39 is 5.92 Å². The Balaban J connectivity index is 1.46. The first kappa shape index (κ1) is 22.3. The van der Waals surface area contributed by atoms with Gasteiger partial charge in [0, 0.05) is 0 Å². The average molecular weight is 439 g/mol. The molecule has 4 aromatic carbocycles. The van der Waals surface area contributed by atoms with Gasteiger partial charge in [0.15, 0.2) is 0 Å². The lowest BCUT2D eigenvalue weighted by Gasteiger charge is -2.13. The summed E-state index contributed by atoms with van der Waals surface area (Å²) in [7, 11) is 0. The second-order valence-corrected chi connectivity index (χ2v) is 8.16. The molecule has 0 aromatic heterocycles. The molecule has 4 nitrogen and oxygen atoms in total. The lowest BCUT2D eigenvalue weighted by molar-refractivity contribution is -0.135. The van der Waals surface area contributed by atoms with Gasteiger partial charge in [-0.15, -0.1) is 0 Å². The van der Waals surface area contributed by atoms with Crippen LogP contribution < -0.4 is 9.47 Å². The molecule has 0 saturated heterocycles. The van der Waals surface area contributed by atoms with Crippen molar-refractivity contribution in [2.24, 2.45) is 0 Å². The van der Waals surface area contributed by atoms with E-state index in [9.17, 15) is 9.59 Å². The smallest absolute Gasteiger partial charge is 0.343 e. The van der Waals surface area contributed by atoms with Crippen LogP contribution in [0.25, 0.3) is 10.8 Å². The highest BCUT2D eigenvalue weighted by Crippen LogP contribution is 2.27. The van der Waals surface area contributed by atoms with E-state index in [-0.39, 0.29) is 11.9 Å². The van der Waals surface area contributed by atoms with Gasteiger partial charge in [-0.3, -0.25) is 4.79 Å². The summed E-state index contributed by atoms with van der Waals surface area (Å²) in [6, 6.07) is 26.1. The van der Waals surface area contributed by atoms with Crippen molar-refractivity contribution in [3.05, 3.63) is 107 Å². The third-order valence-corrected chi connectivity index (χ3v) is 5.74. The molecule has 0 aliphatic heterocycles. The van der Waals surface area contributed by atoms with Crippen molar-refractivity contribution in [2.75, 3.05) is 0 Å². The summed E-state index contributed by atoms with van der Waals surface area (Å²) in [5.74, 6) is -0.0982. The minimum atomic E-state index is -0.417. The largest absolute Gasteiger partial charge is 0.426 e. The van der Waals surface area contributed by atoms with Crippen LogP contribution in [0.2, 0.25) is 0 Å². The molecule has 4 heteroatoms. The monoisotopic (exact) mass is 438 g/mol. The Kier molecular flexibility index (Phi) is 6.55. The maximum absolute atomic E-state index is 12.6. The number of esters is 2. The normalized spacial score (nSPS) is 11.7. The quantitative estimate of drug-likeness (QED) is 0.250. The number of ether oxygens (including phenoxy) is 2. The zero-order valence-electron chi connectivity index (χ0n) is 19.0. The number of hydrogen-bond donors (Lipinski definition) is 0. The Hall–Kier alpha value is -3.92. The molecule has 0 amide bonds. The van der Waals surface area contributed by atoms with E-state index in [0.29, 0.717) is 17.1 Å². The Bertz CT molecular complexity index is 1290. The van der Waals surface area contributed by atoms with Crippen LogP contribution in [0.3, 0.4) is 0 Å². The lowest BCUT2D eigenvalue weighted by atomic mass is 9.98. The molecular weight excluding hydrogens is 412 g/mol. The first-order chi connectivity index (χ1) is 15.9. The van der Waals surface area contributed by atoms with Crippen LogP contribution in [-0.4, -0.2) is 11.9 Å². The summed E-state index contributed by atoms with van der Waals surface area (Å²) >= 11 is 0. The van der Waals surface area contributed by atoms with E-state index in [1.807, 2.05) is 68.4 Å². The SMILES string of the molecule is CCc1ccc(C(=O)Oc2ccc3cc([C@H](C)C(=O)Oc4ccc(C)cc4)ccc3c2)cc1. The molecule has 0 radical (unpaired) electrons. The van der Waals surface area contributed by atoms with Crippen molar-refractivity contribution in [2.45, 2.75) is 33.1 Å². The highest BCUT2D eigenvalue weighted by atomic mass is 16.5. The predicted octanol–water partition coefficient (Wildman–Crippen LogP) is 6.64. The summed E-state index contributed by atoms with van der Waals surface area (Å²) < 4.78 is 11.1. The van der Waals surface area contributed by atoms with E-state index in [0.717, 1.165) is 28.3 Å². The highest BCUT2D eigenvalue weighted by molar-refractivity contribution is 5.92. The van der Waals surface area contributed by atoms with E-state index >= 15 is 0 Å². The van der Waals surface area contributed by atoms with Gasteiger partial charge >= 0.3 is 11.9 Å². The second kappa shape index (κ2) is 9.70. The fourth-order valence-electron chi connectivity index (χ4n) is 3.56. The van der Waals surface area contributed by atoms with Crippen molar-refractivity contribution < 1.29 is 19.1 Å². The predicted molar refractivity (Wildman–Crippen MR) is 130 cm³/mol. The molecule has 0 aliphatic carbocycles. The van der Waals surface area contributed by atoms with Gasteiger partial charge in [-0.2, -0.15) is 0 Å². The molecule has 0 fully saturated rings. The van der Waals surface area contributed by atoms with Crippen LogP contribution in [0.15, 0.2) is 84.9 Å². The van der Waals surface area contributed by atoms with Gasteiger partial charge in [0.2, 0.25) is 0 Å². The third-order valence-electron chi connectivity index (χ3n) is 5.74. The minimum absolute atomic E-state index is 0.308. The molecule has 0 saturated carbocycles. The maximum Gasteiger partial charge on any atom is 0.343 e. The van der Waals surface area contributed by atoms with E-state index in [1.54, 1.807) is 30.3 Å². The van der Waals surface area contributed by atoms with Gasteiger partial charge in [0.25, 0.3) is 0 Å². The van der Waals surface area contributed by atoms with E-state index in [1.165, 1.54) is 5.56 Å². The van der Waals surface area contributed by atoms with Crippen LogP contribution in [0.4, 0.5) is 0 Å². The molecule has 0 bridgehead atoms. The Morgan fingerprint density at radius 2 is 1.39 bits per heavy atom. The number of carbonyl (C=O) groups is 2. The van der Waals surface area contributed by atoms with Gasteiger partial charge in [-0.25, -0.2) is 4.79 Å². The van der Waals surface area contributed by atoms with Gasteiger partial charge < -0.3 is 9.47 Å². The summed E-state index contributed by atoms with van der Waals surface area (Å²) in [6.07, 6.45) is 0.921.